The number of rotatable bonds is 18. The maximum atomic E-state index is 6.99. The lowest BCUT2D eigenvalue weighted by molar-refractivity contribution is -0.337. The summed E-state index contributed by atoms with van der Waals surface area (Å²) >= 11 is 6.77. The molecule has 2 aliphatic rings. The van der Waals surface area contributed by atoms with Gasteiger partial charge in [0.2, 0.25) is 5.79 Å². The van der Waals surface area contributed by atoms with E-state index in [9.17, 15) is 0 Å². The van der Waals surface area contributed by atoms with Crippen LogP contribution in [0.2, 0.25) is 5.02 Å². The maximum Gasteiger partial charge on any atom is 0.225 e. The van der Waals surface area contributed by atoms with Crippen molar-refractivity contribution in [3.63, 3.8) is 0 Å². The highest BCUT2D eigenvalue weighted by Gasteiger charge is 2.68. The van der Waals surface area contributed by atoms with Gasteiger partial charge in [-0.15, -0.1) is 6.58 Å². The SMILES string of the molecule is C=C[C@@]12CO[C@@](c3ccc(Cl)c(Cc4ccc(OCC)cc4)c3)(O1)[C@H](OCCCC)[C@@H](OCCCC)[C@@H]2OCCCC. The number of hydrogen-bond acceptors (Lipinski definition) is 6. The van der Waals surface area contributed by atoms with Gasteiger partial charge in [-0.05, 0) is 68.0 Å². The molecule has 0 unspecified atom stereocenters. The molecular formula is C35H49ClO6. The fraction of sp³-hybridized carbons (Fsp3) is 0.600. The van der Waals surface area contributed by atoms with E-state index in [2.05, 4.69) is 45.5 Å². The van der Waals surface area contributed by atoms with Gasteiger partial charge in [0.05, 0.1) is 13.2 Å². The van der Waals surface area contributed by atoms with Crippen LogP contribution in [-0.4, -0.2) is 56.9 Å². The molecule has 0 amide bonds. The van der Waals surface area contributed by atoms with E-state index in [0.717, 1.165) is 61.0 Å². The molecule has 0 N–H and O–H groups in total. The van der Waals surface area contributed by atoms with Gasteiger partial charge >= 0.3 is 0 Å². The lowest BCUT2D eigenvalue weighted by Crippen LogP contribution is -2.66. The van der Waals surface area contributed by atoms with Gasteiger partial charge in [-0.1, -0.05) is 75.9 Å². The Bertz CT molecular complexity index is 1120. The molecule has 2 fully saturated rings. The predicted octanol–water partition coefficient (Wildman–Crippen LogP) is 8.02. The van der Waals surface area contributed by atoms with Crippen molar-refractivity contribution in [3.8, 4) is 5.75 Å². The van der Waals surface area contributed by atoms with E-state index in [-0.39, 0.29) is 0 Å². The number of benzene rings is 2. The van der Waals surface area contributed by atoms with Crippen molar-refractivity contribution >= 4 is 11.6 Å². The third-order valence-electron chi connectivity index (χ3n) is 8.13. The highest BCUT2D eigenvalue weighted by atomic mass is 35.5. The molecule has 6 nitrogen and oxygen atoms in total. The van der Waals surface area contributed by atoms with Gasteiger partial charge in [-0.3, -0.25) is 0 Å². The molecule has 0 aliphatic carbocycles. The summed E-state index contributed by atoms with van der Waals surface area (Å²) in [5, 5.41) is 0.688. The van der Waals surface area contributed by atoms with Gasteiger partial charge in [0.25, 0.3) is 0 Å². The van der Waals surface area contributed by atoms with Gasteiger partial charge in [0.15, 0.2) is 0 Å². The van der Waals surface area contributed by atoms with E-state index in [1.165, 1.54) is 0 Å². The first-order chi connectivity index (χ1) is 20.5. The van der Waals surface area contributed by atoms with Gasteiger partial charge in [0, 0.05) is 30.4 Å². The molecule has 0 radical (unpaired) electrons. The zero-order valence-corrected chi connectivity index (χ0v) is 26.6. The molecule has 7 heteroatoms. The van der Waals surface area contributed by atoms with E-state index in [1.807, 2.05) is 37.3 Å². The van der Waals surface area contributed by atoms with Crippen LogP contribution in [0.4, 0.5) is 0 Å². The summed E-state index contributed by atoms with van der Waals surface area (Å²) in [6.45, 7) is 15.4. The van der Waals surface area contributed by atoms with Gasteiger partial charge in [-0.25, -0.2) is 0 Å². The smallest absolute Gasteiger partial charge is 0.225 e. The summed E-state index contributed by atoms with van der Waals surface area (Å²) in [6.07, 6.45) is 7.05. The Morgan fingerprint density at radius 1 is 0.881 bits per heavy atom. The Hall–Kier alpha value is -1.93. The quantitative estimate of drug-likeness (QED) is 0.128. The van der Waals surface area contributed by atoms with Crippen LogP contribution in [0.3, 0.4) is 0 Å². The average Bonchev–Trinajstić information content (AvgIpc) is 3.36. The fourth-order valence-corrected chi connectivity index (χ4v) is 5.91. The largest absolute Gasteiger partial charge is 0.494 e. The summed E-state index contributed by atoms with van der Waals surface area (Å²) in [5.74, 6) is -0.339. The second kappa shape index (κ2) is 15.7. The number of fused-ring (bicyclic) bond motifs is 2. The first kappa shape index (κ1) is 33.0. The van der Waals surface area contributed by atoms with Crippen LogP contribution >= 0.6 is 11.6 Å². The Kier molecular flexibility index (Phi) is 12.3. The van der Waals surface area contributed by atoms with Crippen LogP contribution in [0, 0.1) is 0 Å². The van der Waals surface area contributed by atoms with Crippen molar-refractivity contribution in [1.29, 1.82) is 0 Å². The molecule has 2 aromatic carbocycles. The van der Waals surface area contributed by atoms with Crippen molar-refractivity contribution in [2.75, 3.05) is 33.0 Å². The predicted molar refractivity (Wildman–Crippen MR) is 167 cm³/mol. The molecule has 232 valence electrons. The van der Waals surface area contributed by atoms with Crippen LogP contribution in [-0.2, 0) is 35.9 Å². The Balaban J connectivity index is 1.73. The van der Waals surface area contributed by atoms with E-state index < -0.39 is 29.7 Å². The lowest BCUT2D eigenvalue weighted by Gasteiger charge is -2.50. The minimum absolute atomic E-state index is 0.297. The standard InChI is InChI=1S/C35H49ClO6/c1-6-11-20-38-31-32(39-21-12-7-2)34(9-4)25-41-35(42-34,33(31)40-22-13-8-3)28-16-19-30(36)27(24-28)23-26-14-17-29(18-15-26)37-10-5/h9,14-19,24,31-33H,4,6-8,10-13,20-23,25H2,1-3,5H3/t31-,32-,33+,34-,35-/m0/s1. The lowest BCUT2D eigenvalue weighted by atomic mass is 9.82. The van der Waals surface area contributed by atoms with E-state index in [1.54, 1.807) is 0 Å². The normalized spacial score (nSPS) is 26.8. The first-order valence-corrected chi connectivity index (χ1v) is 16.2. The first-order valence-electron chi connectivity index (χ1n) is 15.8. The Labute approximate surface area is 257 Å². The van der Waals surface area contributed by atoms with Crippen molar-refractivity contribution in [2.24, 2.45) is 0 Å². The molecule has 42 heavy (non-hydrogen) atoms. The Morgan fingerprint density at radius 3 is 2.14 bits per heavy atom. The number of unbranched alkanes of at least 4 members (excludes halogenated alkanes) is 3. The molecular weight excluding hydrogens is 552 g/mol. The molecule has 4 rings (SSSR count). The summed E-state index contributed by atoms with van der Waals surface area (Å²) in [7, 11) is 0. The van der Waals surface area contributed by atoms with Crippen LogP contribution in [0.1, 0.15) is 82.9 Å². The number of halogens is 1. The molecule has 2 saturated heterocycles. The van der Waals surface area contributed by atoms with Crippen LogP contribution in [0.5, 0.6) is 5.75 Å². The topological polar surface area (TPSA) is 55.4 Å². The minimum atomic E-state index is -1.19. The molecule has 5 atom stereocenters. The van der Waals surface area contributed by atoms with Gasteiger partial charge in [0.1, 0.15) is 29.7 Å². The van der Waals surface area contributed by atoms with Crippen molar-refractivity contribution in [3.05, 3.63) is 76.8 Å². The highest BCUT2D eigenvalue weighted by molar-refractivity contribution is 6.31. The van der Waals surface area contributed by atoms with E-state index in [0.29, 0.717) is 44.5 Å². The second-order valence-electron chi connectivity index (χ2n) is 11.3. The van der Waals surface area contributed by atoms with Crippen molar-refractivity contribution in [1.82, 2.24) is 0 Å². The van der Waals surface area contributed by atoms with E-state index in [4.69, 9.17) is 40.0 Å². The number of ether oxygens (including phenoxy) is 6. The second-order valence-corrected chi connectivity index (χ2v) is 11.7. The summed E-state index contributed by atoms with van der Waals surface area (Å²) in [6, 6.07) is 14.1. The van der Waals surface area contributed by atoms with Crippen molar-refractivity contribution in [2.45, 2.75) is 102 Å². The average molecular weight is 601 g/mol. The summed E-state index contributed by atoms with van der Waals surface area (Å²) in [5.41, 5.74) is 2.10. The van der Waals surface area contributed by atoms with E-state index >= 15 is 0 Å². The molecule has 0 aromatic heterocycles. The third kappa shape index (κ3) is 7.23. The summed E-state index contributed by atoms with van der Waals surface area (Å²) < 4.78 is 39.2. The molecule has 2 bridgehead atoms. The molecule has 2 heterocycles. The molecule has 2 aliphatic heterocycles. The van der Waals surface area contributed by atoms with Crippen LogP contribution < -0.4 is 4.74 Å². The Morgan fingerprint density at radius 2 is 1.52 bits per heavy atom. The zero-order valence-electron chi connectivity index (χ0n) is 25.9. The van der Waals surface area contributed by atoms with Crippen LogP contribution in [0.15, 0.2) is 55.1 Å². The fourth-order valence-electron chi connectivity index (χ4n) is 5.72. The van der Waals surface area contributed by atoms with Gasteiger partial charge in [-0.2, -0.15) is 0 Å². The molecule has 2 aromatic rings. The molecule has 0 saturated carbocycles. The third-order valence-corrected chi connectivity index (χ3v) is 8.50. The molecule has 0 spiro atoms. The van der Waals surface area contributed by atoms with Crippen molar-refractivity contribution < 1.29 is 28.4 Å². The maximum absolute atomic E-state index is 6.99. The number of hydrogen-bond donors (Lipinski definition) is 0. The zero-order chi connectivity index (χ0) is 30.0. The summed E-state index contributed by atoms with van der Waals surface area (Å²) in [4.78, 5) is 0. The van der Waals surface area contributed by atoms with Gasteiger partial charge < -0.3 is 28.4 Å². The highest BCUT2D eigenvalue weighted by Crippen LogP contribution is 2.53. The van der Waals surface area contributed by atoms with Crippen LogP contribution in [0.25, 0.3) is 0 Å². The minimum Gasteiger partial charge on any atom is -0.494 e. The monoisotopic (exact) mass is 600 g/mol.